The summed E-state index contributed by atoms with van der Waals surface area (Å²) in [7, 11) is 0. The molecule has 0 unspecified atom stereocenters. The van der Waals surface area contributed by atoms with Gasteiger partial charge in [0.25, 0.3) is 0 Å². The zero-order valence-electron chi connectivity index (χ0n) is 14.0. The minimum absolute atomic E-state index is 0.0357. The molecule has 2 aromatic carbocycles. The number of ether oxygens (including phenoxy) is 1. The number of hydrogen-bond donors (Lipinski definition) is 0. The molecular weight excluding hydrogens is 282 g/mol. The highest BCUT2D eigenvalue weighted by atomic mass is 16.5. The summed E-state index contributed by atoms with van der Waals surface area (Å²) in [6, 6.07) is 21.2. The fourth-order valence-corrected chi connectivity index (χ4v) is 3.29. The first-order valence-corrected chi connectivity index (χ1v) is 8.84. The lowest BCUT2D eigenvalue weighted by molar-refractivity contribution is 0.0142. The van der Waals surface area contributed by atoms with E-state index in [0.29, 0.717) is 6.10 Å². The molecule has 2 heteroatoms. The second-order valence-corrected chi connectivity index (χ2v) is 6.40. The second-order valence-electron chi connectivity index (χ2n) is 6.40. The van der Waals surface area contributed by atoms with Gasteiger partial charge in [0.05, 0.1) is 6.10 Å². The maximum atomic E-state index is 6.55. The van der Waals surface area contributed by atoms with Crippen LogP contribution >= 0.6 is 0 Å². The Labute approximate surface area is 140 Å². The molecule has 0 spiro atoms. The standard InChI is InChI=1S/C21H27NO/c1-2-3-15-22-16-14-20(17-22)23-21(18-10-6-4-7-11-18)19-12-8-5-9-13-19/h4-13,20-21H,2-3,14-17H2,1H3/t20-/m1/s1. The molecule has 0 aliphatic carbocycles. The van der Waals surface area contributed by atoms with Crippen LogP contribution in [0.25, 0.3) is 0 Å². The normalized spacial score (nSPS) is 18.6. The van der Waals surface area contributed by atoms with Crippen LogP contribution in [0.1, 0.15) is 43.4 Å². The third-order valence-corrected chi connectivity index (χ3v) is 4.59. The molecule has 1 aliphatic heterocycles. The third-order valence-electron chi connectivity index (χ3n) is 4.59. The van der Waals surface area contributed by atoms with E-state index in [1.54, 1.807) is 0 Å². The predicted molar refractivity (Wildman–Crippen MR) is 95.6 cm³/mol. The number of hydrogen-bond acceptors (Lipinski definition) is 2. The van der Waals surface area contributed by atoms with Gasteiger partial charge in [-0.2, -0.15) is 0 Å². The van der Waals surface area contributed by atoms with E-state index in [0.717, 1.165) is 13.0 Å². The minimum atomic E-state index is 0.0357. The summed E-state index contributed by atoms with van der Waals surface area (Å²) in [4.78, 5) is 2.54. The van der Waals surface area contributed by atoms with E-state index < -0.39 is 0 Å². The Balaban J connectivity index is 1.70. The van der Waals surface area contributed by atoms with Crippen molar-refractivity contribution < 1.29 is 4.74 Å². The zero-order chi connectivity index (χ0) is 15.9. The summed E-state index contributed by atoms with van der Waals surface area (Å²) in [6.07, 6.45) is 4.05. The van der Waals surface area contributed by atoms with Crippen molar-refractivity contribution in [1.29, 1.82) is 0 Å². The molecule has 2 nitrogen and oxygen atoms in total. The van der Waals surface area contributed by atoms with Crippen molar-refractivity contribution in [1.82, 2.24) is 4.90 Å². The fourth-order valence-electron chi connectivity index (χ4n) is 3.29. The summed E-state index contributed by atoms with van der Waals surface area (Å²) in [5.41, 5.74) is 2.48. The zero-order valence-corrected chi connectivity index (χ0v) is 14.0. The number of rotatable bonds is 7. The maximum Gasteiger partial charge on any atom is 0.108 e. The fraction of sp³-hybridized carbons (Fsp3) is 0.429. The molecule has 0 amide bonds. The van der Waals surface area contributed by atoms with Gasteiger partial charge in [0.1, 0.15) is 6.10 Å². The molecule has 1 saturated heterocycles. The van der Waals surface area contributed by atoms with E-state index in [4.69, 9.17) is 4.74 Å². The van der Waals surface area contributed by atoms with Crippen LogP contribution in [0.4, 0.5) is 0 Å². The minimum Gasteiger partial charge on any atom is -0.364 e. The predicted octanol–water partition coefficient (Wildman–Crippen LogP) is 4.67. The molecule has 3 rings (SSSR count). The summed E-state index contributed by atoms with van der Waals surface area (Å²) < 4.78 is 6.55. The van der Waals surface area contributed by atoms with Gasteiger partial charge >= 0.3 is 0 Å². The largest absolute Gasteiger partial charge is 0.364 e. The van der Waals surface area contributed by atoms with Crippen molar-refractivity contribution in [2.24, 2.45) is 0 Å². The lowest BCUT2D eigenvalue weighted by Crippen LogP contribution is -2.25. The highest BCUT2D eigenvalue weighted by molar-refractivity contribution is 5.30. The molecule has 0 radical (unpaired) electrons. The van der Waals surface area contributed by atoms with Crippen molar-refractivity contribution in [3.63, 3.8) is 0 Å². The van der Waals surface area contributed by atoms with Gasteiger partial charge < -0.3 is 9.64 Å². The second kappa shape index (κ2) is 8.28. The van der Waals surface area contributed by atoms with Gasteiger partial charge in [-0.05, 0) is 30.5 Å². The molecule has 0 bridgehead atoms. The van der Waals surface area contributed by atoms with E-state index >= 15 is 0 Å². The Morgan fingerprint density at radius 3 is 2.17 bits per heavy atom. The monoisotopic (exact) mass is 309 g/mol. The first-order chi connectivity index (χ1) is 11.4. The van der Waals surface area contributed by atoms with E-state index in [1.165, 1.54) is 37.1 Å². The highest BCUT2D eigenvalue weighted by Gasteiger charge is 2.26. The third kappa shape index (κ3) is 4.43. The Bertz CT molecular complexity index is 529. The van der Waals surface area contributed by atoms with Crippen LogP contribution in [-0.2, 0) is 4.74 Å². The highest BCUT2D eigenvalue weighted by Crippen LogP contribution is 2.29. The van der Waals surface area contributed by atoms with Crippen molar-refractivity contribution >= 4 is 0 Å². The molecule has 1 heterocycles. The average Bonchev–Trinajstić information content (AvgIpc) is 3.07. The van der Waals surface area contributed by atoms with Crippen molar-refractivity contribution in [2.45, 2.75) is 38.4 Å². The van der Waals surface area contributed by atoms with E-state index in [-0.39, 0.29) is 6.10 Å². The Morgan fingerprint density at radius 2 is 1.61 bits per heavy atom. The first kappa shape index (κ1) is 16.2. The van der Waals surface area contributed by atoms with E-state index in [1.807, 2.05) is 0 Å². The SMILES string of the molecule is CCCCN1CC[C@@H](OC(c2ccccc2)c2ccccc2)C1. The summed E-state index contributed by atoms with van der Waals surface area (Å²) in [5.74, 6) is 0. The van der Waals surface area contributed by atoms with Crippen molar-refractivity contribution in [2.75, 3.05) is 19.6 Å². The molecule has 0 saturated carbocycles. The lowest BCUT2D eigenvalue weighted by Gasteiger charge is -2.23. The quantitative estimate of drug-likeness (QED) is 0.737. The van der Waals surface area contributed by atoms with Gasteiger partial charge in [-0.1, -0.05) is 74.0 Å². The molecule has 1 atom stereocenters. The van der Waals surface area contributed by atoms with Crippen LogP contribution in [0.15, 0.2) is 60.7 Å². The summed E-state index contributed by atoms with van der Waals surface area (Å²) in [5, 5.41) is 0. The average molecular weight is 309 g/mol. The van der Waals surface area contributed by atoms with Gasteiger partial charge in [0.15, 0.2) is 0 Å². The van der Waals surface area contributed by atoms with Crippen LogP contribution in [0.5, 0.6) is 0 Å². The maximum absolute atomic E-state index is 6.55. The smallest absolute Gasteiger partial charge is 0.108 e. The Kier molecular flexibility index (Phi) is 5.84. The molecule has 122 valence electrons. The van der Waals surface area contributed by atoms with Crippen LogP contribution in [-0.4, -0.2) is 30.6 Å². The first-order valence-electron chi connectivity index (χ1n) is 8.84. The lowest BCUT2D eigenvalue weighted by atomic mass is 10.0. The molecule has 0 N–H and O–H groups in total. The van der Waals surface area contributed by atoms with Crippen molar-refractivity contribution in [3.8, 4) is 0 Å². The van der Waals surface area contributed by atoms with Gasteiger partial charge in [0.2, 0.25) is 0 Å². The van der Waals surface area contributed by atoms with Crippen LogP contribution in [0.3, 0.4) is 0 Å². The van der Waals surface area contributed by atoms with Gasteiger partial charge in [0, 0.05) is 13.1 Å². The summed E-state index contributed by atoms with van der Waals surface area (Å²) >= 11 is 0. The summed E-state index contributed by atoms with van der Waals surface area (Å²) in [6.45, 7) is 5.69. The van der Waals surface area contributed by atoms with Gasteiger partial charge in [-0.3, -0.25) is 0 Å². The molecule has 1 fully saturated rings. The van der Waals surface area contributed by atoms with Gasteiger partial charge in [-0.25, -0.2) is 0 Å². The van der Waals surface area contributed by atoms with Crippen LogP contribution in [0, 0.1) is 0 Å². The molecule has 0 aromatic heterocycles. The number of benzene rings is 2. The van der Waals surface area contributed by atoms with Crippen LogP contribution in [0.2, 0.25) is 0 Å². The number of likely N-dealkylation sites (tertiary alicyclic amines) is 1. The van der Waals surface area contributed by atoms with Crippen molar-refractivity contribution in [3.05, 3.63) is 71.8 Å². The van der Waals surface area contributed by atoms with Gasteiger partial charge in [-0.15, -0.1) is 0 Å². The molecule has 2 aromatic rings. The van der Waals surface area contributed by atoms with E-state index in [2.05, 4.69) is 72.5 Å². The Morgan fingerprint density at radius 1 is 1.00 bits per heavy atom. The number of nitrogens with zero attached hydrogens (tertiary/aromatic N) is 1. The number of unbranched alkanes of at least 4 members (excludes halogenated alkanes) is 1. The Hall–Kier alpha value is -1.64. The van der Waals surface area contributed by atoms with Crippen LogP contribution < -0.4 is 0 Å². The molecule has 1 aliphatic rings. The molecular formula is C21H27NO. The topological polar surface area (TPSA) is 12.5 Å². The van der Waals surface area contributed by atoms with E-state index in [9.17, 15) is 0 Å². The molecule has 23 heavy (non-hydrogen) atoms.